The van der Waals surface area contributed by atoms with Gasteiger partial charge in [0, 0.05) is 62.5 Å². The number of carbonyl (C=O) groups is 1. The molecule has 166 valence electrons. The Morgan fingerprint density at radius 3 is 2.12 bits per heavy atom. The van der Waals surface area contributed by atoms with Crippen molar-refractivity contribution in [3.8, 4) is 22.6 Å². The monoisotopic (exact) mass is 439 g/mol. The first-order valence-corrected chi connectivity index (χ1v) is 11.2. The van der Waals surface area contributed by atoms with E-state index >= 15 is 0 Å². The number of hydrogen-bond acceptors (Lipinski definition) is 6. The first-order valence-electron chi connectivity index (χ1n) is 11.2. The summed E-state index contributed by atoms with van der Waals surface area (Å²) in [6.45, 7) is 2.77. The molecule has 0 aliphatic carbocycles. The lowest BCUT2D eigenvalue weighted by atomic mass is 10.1. The molecule has 5 rings (SSSR count). The Balaban J connectivity index is 1.25. The SMILES string of the molecule is O=C(CCc1nc(-c2ccccc2)c(-c2ccccc2)o1)N1CCN(c2ncccn2)CC1. The van der Waals surface area contributed by atoms with Crippen LogP contribution in [0.5, 0.6) is 0 Å². The van der Waals surface area contributed by atoms with E-state index in [1.807, 2.05) is 65.6 Å². The van der Waals surface area contributed by atoms with Crippen LogP contribution < -0.4 is 4.90 Å². The van der Waals surface area contributed by atoms with Crippen LogP contribution >= 0.6 is 0 Å². The zero-order valence-corrected chi connectivity index (χ0v) is 18.3. The Hall–Kier alpha value is -4.00. The Bertz CT molecular complexity index is 1130. The minimum atomic E-state index is 0.115. The second kappa shape index (κ2) is 9.65. The van der Waals surface area contributed by atoms with Crippen LogP contribution in [0.1, 0.15) is 12.3 Å². The van der Waals surface area contributed by atoms with E-state index in [0.717, 1.165) is 35.7 Å². The molecule has 0 bridgehead atoms. The third-order valence-corrected chi connectivity index (χ3v) is 5.77. The molecule has 1 amide bonds. The minimum absolute atomic E-state index is 0.115. The number of carbonyl (C=O) groups excluding carboxylic acids is 1. The van der Waals surface area contributed by atoms with Gasteiger partial charge in [-0.15, -0.1) is 0 Å². The van der Waals surface area contributed by atoms with E-state index in [0.29, 0.717) is 37.8 Å². The number of nitrogens with zero attached hydrogens (tertiary/aromatic N) is 5. The van der Waals surface area contributed by atoms with E-state index in [4.69, 9.17) is 9.40 Å². The summed E-state index contributed by atoms with van der Waals surface area (Å²) in [7, 11) is 0. The summed E-state index contributed by atoms with van der Waals surface area (Å²) in [6, 6.07) is 21.8. The van der Waals surface area contributed by atoms with Gasteiger partial charge in [0.2, 0.25) is 11.9 Å². The van der Waals surface area contributed by atoms with Crippen LogP contribution in [-0.2, 0) is 11.2 Å². The number of benzene rings is 2. The van der Waals surface area contributed by atoms with Gasteiger partial charge in [0.05, 0.1) is 0 Å². The van der Waals surface area contributed by atoms with Gasteiger partial charge in [-0.2, -0.15) is 0 Å². The molecule has 1 saturated heterocycles. The van der Waals surface area contributed by atoms with Crippen LogP contribution in [0.15, 0.2) is 83.5 Å². The van der Waals surface area contributed by atoms with Crippen LogP contribution in [0.2, 0.25) is 0 Å². The first kappa shape index (κ1) is 20.9. The summed E-state index contributed by atoms with van der Waals surface area (Å²) in [6.07, 6.45) is 4.31. The number of anilines is 1. The number of rotatable bonds is 6. The Labute approximate surface area is 192 Å². The number of aryl methyl sites for hydroxylation is 1. The third kappa shape index (κ3) is 4.77. The van der Waals surface area contributed by atoms with Gasteiger partial charge in [-0.05, 0) is 6.07 Å². The average Bonchev–Trinajstić information content (AvgIpc) is 3.33. The Morgan fingerprint density at radius 1 is 0.818 bits per heavy atom. The van der Waals surface area contributed by atoms with Crippen molar-refractivity contribution in [1.29, 1.82) is 0 Å². The summed E-state index contributed by atoms with van der Waals surface area (Å²) in [5, 5.41) is 0. The van der Waals surface area contributed by atoms with E-state index in [2.05, 4.69) is 14.9 Å². The summed E-state index contributed by atoms with van der Waals surface area (Å²) < 4.78 is 6.16. The second-order valence-corrected chi connectivity index (χ2v) is 7.93. The Morgan fingerprint density at radius 2 is 1.45 bits per heavy atom. The van der Waals surface area contributed by atoms with Crippen molar-refractivity contribution in [3.63, 3.8) is 0 Å². The van der Waals surface area contributed by atoms with Crippen molar-refractivity contribution < 1.29 is 9.21 Å². The average molecular weight is 440 g/mol. The fourth-order valence-corrected chi connectivity index (χ4v) is 4.03. The smallest absolute Gasteiger partial charge is 0.225 e. The van der Waals surface area contributed by atoms with E-state index in [1.54, 1.807) is 18.5 Å². The van der Waals surface area contributed by atoms with Crippen molar-refractivity contribution in [3.05, 3.63) is 85.0 Å². The third-order valence-electron chi connectivity index (χ3n) is 5.77. The molecule has 4 aromatic rings. The maximum atomic E-state index is 12.9. The number of amides is 1. The highest BCUT2D eigenvalue weighted by Crippen LogP contribution is 2.32. The van der Waals surface area contributed by atoms with Crippen molar-refractivity contribution in [2.24, 2.45) is 0 Å². The standard InChI is InChI=1S/C26H25N5O2/c32-23(30-16-18-31(19-17-30)26-27-14-7-15-28-26)13-12-22-29-24(20-8-3-1-4-9-20)25(33-22)21-10-5-2-6-11-21/h1-11,14-15H,12-13,16-19H2. The van der Waals surface area contributed by atoms with Crippen LogP contribution in [-0.4, -0.2) is 51.9 Å². The topological polar surface area (TPSA) is 75.4 Å². The molecule has 1 aliphatic heterocycles. The number of aromatic nitrogens is 3. The molecule has 7 heteroatoms. The van der Waals surface area contributed by atoms with Crippen molar-refractivity contribution >= 4 is 11.9 Å². The number of piperazine rings is 1. The molecule has 2 aromatic heterocycles. The van der Waals surface area contributed by atoms with Gasteiger partial charge in [-0.1, -0.05) is 60.7 Å². The normalized spacial score (nSPS) is 13.8. The highest BCUT2D eigenvalue weighted by molar-refractivity contribution is 5.78. The molecule has 0 atom stereocenters. The van der Waals surface area contributed by atoms with Gasteiger partial charge in [-0.25, -0.2) is 15.0 Å². The van der Waals surface area contributed by atoms with Gasteiger partial charge in [-0.3, -0.25) is 4.79 Å². The van der Waals surface area contributed by atoms with Gasteiger partial charge >= 0.3 is 0 Å². The molecule has 3 heterocycles. The molecular weight excluding hydrogens is 414 g/mol. The largest absolute Gasteiger partial charge is 0.440 e. The fourth-order valence-electron chi connectivity index (χ4n) is 4.03. The molecule has 2 aromatic carbocycles. The predicted octanol–water partition coefficient (Wildman–Crippen LogP) is 4.08. The molecular formula is C26H25N5O2. The molecule has 1 aliphatic rings. The zero-order valence-electron chi connectivity index (χ0n) is 18.3. The predicted molar refractivity (Wildman–Crippen MR) is 127 cm³/mol. The van der Waals surface area contributed by atoms with E-state index in [-0.39, 0.29) is 5.91 Å². The van der Waals surface area contributed by atoms with E-state index < -0.39 is 0 Å². The summed E-state index contributed by atoms with van der Waals surface area (Å²) in [5.74, 6) is 2.15. The maximum Gasteiger partial charge on any atom is 0.225 e. The lowest BCUT2D eigenvalue weighted by molar-refractivity contribution is -0.131. The summed E-state index contributed by atoms with van der Waals surface area (Å²) in [4.78, 5) is 30.2. The van der Waals surface area contributed by atoms with Crippen molar-refractivity contribution in [2.75, 3.05) is 31.1 Å². The molecule has 33 heavy (non-hydrogen) atoms. The molecule has 0 N–H and O–H groups in total. The zero-order chi connectivity index (χ0) is 22.5. The summed E-state index contributed by atoms with van der Waals surface area (Å²) in [5.41, 5.74) is 2.78. The molecule has 1 fully saturated rings. The van der Waals surface area contributed by atoms with Crippen LogP contribution in [0, 0.1) is 0 Å². The lowest BCUT2D eigenvalue weighted by Gasteiger charge is -2.34. The van der Waals surface area contributed by atoms with Crippen LogP contribution in [0.3, 0.4) is 0 Å². The molecule has 0 radical (unpaired) electrons. The van der Waals surface area contributed by atoms with Crippen LogP contribution in [0.25, 0.3) is 22.6 Å². The number of hydrogen-bond donors (Lipinski definition) is 0. The molecule has 0 saturated carbocycles. The van der Waals surface area contributed by atoms with Gasteiger partial charge in [0.15, 0.2) is 11.7 Å². The van der Waals surface area contributed by atoms with Crippen molar-refractivity contribution in [1.82, 2.24) is 19.9 Å². The molecule has 0 spiro atoms. The summed E-state index contributed by atoms with van der Waals surface area (Å²) >= 11 is 0. The quantitative estimate of drug-likeness (QED) is 0.451. The lowest BCUT2D eigenvalue weighted by Crippen LogP contribution is -2.49. The highest BCUT2D eigenvalue weighted by Gasteiger charge is 2.23. The Kier molecular flexibility index (Phi) is 6.10. The van der Waals surface area contributed by atoms with Gasteiger partial charge in [0.1, 0.15) is 5.69 Å². The number of oxazole rings is 1. The van der Waals surface area contributed by atoms with Gasteiger partial charge in [0.25, 0.3) is 0 Å². The fraction of sp³-hybridized carbons (Fsp3) is 0.231. The van der Waals surface area contributed by atoms with E-state index in [1.165, 1.54) is 0 Å². The van der Waals surface area contributed by atoms with E-state index in [9.17, 15) is 4.79 Å². The van der Waals surface area contributed by atoms with Crippen molar-refractivity contribution in [2.45, 2.75) is 12.8 Å². The van der Waals surface area contributed by atoms with Gasteiger partial charge < -0.3 is 14.2 Å². The highest BCUT2D eigenvalue weighted by atomic mass is 16.4. The molecule has 0 unspecified atom stereocenters. The minimum Gasteiger partial charge on any atom is -0.440 e. The first-order chi connectivity index (χ1) is 16.3. The second-order valence-electron chi connectivity index (χ2n) is 7.93. The maximum absolute atomic E-state index is 12.9. The van der Waals surface area contributed by atoms with Crippen LogP contribution in [0.4, 0.5) is 5.95 Å². The molecule has 7 nitrogen and oxygen atoms in total.